The molecule has 0 radical (unpaired) electrons. The molecule has 2 aromatic carbocycles. The van der Waals surface area contributed by atoms with Crippen molar-refractivity contribution >= 4 is 16.7 Å². The largest absolute Gasteiger partial charge is 0.391 e. The number of nitrogens with zero attached hydrogens (tertiary/aromatic N) is 2. The lowest BCUT2D eigenvalue weighted by atomic mass is 9.80. The Morgan fingerprint density at radius 2 is 1.69 bits per heavy atom. The van der Waals surface area contributed by atoms with Gasteiger partial charge in [0.2, 0.25) is 5.91 Å². The van der Waals surface area contributed by atoms with Gasteiger partial charge in [-0.05, 0) is 35.6 Å². The minimum atomic E-state index is -4.18. The molecule has 2 aliphatic rings. The molecule has 2 atom stereocenters. The van der Waals surface area contributed by atoms with Crippen molar-refractivity contribution < 1.29 is 18.0 Å². The number of piperazine rings is 1. The Bertz CT molecular complexity index is 853. The summed E-state index contributed by atoms with van der Waals surface area (Å²) in [6.07, 6.45) is -3.00. The molecule has 0 aromatic heterocycles. The van der Waals surface area contributed by atoms with Crippen LogP contribution in [-0.4, -0.2) is 48.1 Å². The van der Waals surface area contributed by atoms with Crippen LogP contribution in [0.15, 0.2) is 42.5 Å². The Balaban J connectivity index is 1.34. The van der Waals surface area contributed by atoms with Crippen LogP contribution in [0.5, 0.6) is 0 Å². The van der Waals surface area contributed by atoms with Gasteiger partial charge < -0.3 is 4.90 Å². The molecule has 1 amide bonds. The first-order valence-electron chi connectivity index (χ1n) is 10.5. The third-order valence-electron chi connectivity index (χ3n) is 6.44. The highest BCUT2D eigenvalue weighted by molar-refractivity contribution is 5.85. The topological polar surface area (TPSA) is 23.6 Å². The van der Waals surface area contributed by atoms with Crippen LogP contribution in [0.25, 0.3) is 10.8 Å². The van der Waals surface area contributed by atoms with Crippen LogP contribution in [0.4, 0.5) is 13.2 Å². The molecule has 3 nitrogen and oxygen atoms in total. The van der Waals surface area contributed by atoms with Crippen LogP contribution in [0.3, 0.4) is 0 Å². The van der Waals surface area contributed by atoms with Gasteiger partial charge in [-0.2, -0.15) is 13.2 Å². The van der Waals surface area contributed by atoms with Gasteiger partial charge in [0.1, 0.15) is 0 Å². The molecule has 1 saturated carbocycles. The van der Waals surface area contributed by atoms with Crippen LogP contribution < -0.4 is 0 Å². The number of rotatable bonds is 3. The maximum Gasteiger partial charge on any atom is 0.391 e. The van der Waals surface area contributed by atoms with E-state index in [1.807, 2.05) is 12.1 Å². The fourth-order valence-corrected chi connectivity index (χ4v) is 4.77. The van der Waals surface area contributed by atoms with E-state index >= 15 is 0 Å². The molecule has 1 aliphatic carbocycles. The summed E-state index contributed by atoms with van der Waals surface area (Å²) >= 11 is 0. The number of hydrogen-bond donors (Lipinski definition) is 0. The SMILES string of the molecule is O=C(C1CCCC(C(F)(F)F)C1)N1CCN(Cc2cccc3ccccc23)CC1. The highest BCUT2D eigenvalue weighted by atomic mass is 19.4. The van der Waals surface area contributed by atoms with E-state index in [9.17, 15) is 18.0 Å². The predicted molar refractivity (Wildman–Crippen MR) is 107 cm³/mol. The Morgan fingerprint density at radius 1 is 0.966 bits per heavy atom. The van der Waals surface area contributed by atoms with E-state index in [2.05, 4.69) is 35.2 Å². The van der Waals surface area contributed by atoms with Gasteiger partial charge in [-0.15, -0.1) is 0 Å². The number of halogens is 3. The number of carbonyl (C=O) groups excluding carboxylic acids is 1. The first-order chi connectivity index (χ1) is 13.9. The van der Waals surface area contributed by atoms with Gasteiger partial charge in [-0.3, -0.25) is 9.69 Å². The first kappa shape index (κ1) is 20.2. The lowest BCUT2D eigenvalue weighted by Crippen LogP contribution is -2.50. The summed E-state index contributed by atoms with van der Waals surface area (Å²) < 4.78 is 39.2. The zero-order chi connectivity index (χ0) is 20.4. The molecule has 1 heterocycles. The summed E-state index contributed by atoms with van der Waals surface area (Å²) in [6.45, 7) is 3.52. The first-order valence-corrected chi connectivity index (χ1v) is 10.5. The van der Waals surface area contributed by atoms with Gasteiger partial charge in [0.25, 0.3) is 0 Å². The molecule has 2 fully saturated rings. The minimum Gasteiger partial charge on any atom is -0.340 e. The van der Waals surface area contributed by atoms with Gasteiger partial charge in [-0.25, -0.2) is 0 Å². The van der Waals surface area contributed by atoms with Gasteiger partial charge in [0.15, 0.2) is 0 Å². The van der Waals surface area contributed by atoms with Gasteiger partial charge in [0, 0.05) is 38.6 Å². The quantitative estimate of drug-likeness (QED) is 0.730. The smallest absolute Gasteiger partial charge is 0.340 e. The van der Waals surface area contributed by atoms with E-state index in [0.717, 1.165) is 19.6 Å². The summed E-state index contributed by atoms with van der Waals surface area (Å²) in [5.74, 6) is -1.87. The molecule has 0 N–H and O–H groups in total. The van der Waals surface area contributed by atoms with Crippen molar-refractivity contribution in [2.45, 2.75) is 38.4 Å². The standard InChI is InChI=1S/C23H27F3N2O/c24-23(25,26)20-9-4-7-18(15-20)22(29)28-13-11-27(12-14-28)16-19-8-3-6-17-5-1-2-10-21(17)19/h1-3,5-6,8,10,18,20H,4,7,9,11-16H2. The number of hydrogen-bond acceptors (Lipinski definition) is 2. The minimum absolute atomic E-state index is 0.0431. The summed E-state index contributed by atoms with van der Waals surface area (Å²) in [5.41, 5.74) is 1.27. The van der Waals surface area contributed by atoms with E-state index < -0.39 is 18.0 Å². The fraction of sp³-hybridized carbons (Fsp3) is 0.522. The van der Waals surface area contributed by atoms with E-state index in [-0.39, 0.29) is 18.7 Å². The molecule has 156 valence electrons. The Labute approximate surface area is 169 Å². The number of carbonyl (C=O) groups is 1. The van der Waals surface area contributed by atoms with Crippen LogP contribution in [0, 0.1) is 11.8 Å². The molecule has 0 bridgehead atoms. The van der Waals surface area contributed by atoms with Crippen molar-refractivity contribution in [3.63, 3.8) is 0 Å². The summed E-state index contributed by atoms with van der Waals surface area (Å²) in [4.78, 5) is 16.9. The predicted octanol–water partition coefficient (Wildman–Crippen LogP) is 4.85. The monoisotopic (exact) mass is 404 g/mol. The second kappa shape index (κ2) is 8.34. The van der Waals surface area contributed by atoms with Gasteiger partial charge in [-0.1, -0.05) is 48.9 Å². The van der Waals surface area contributed by atoms with Crippen LogP contribution in [-0.2, 0) is 11.3 Å². The highest BCUT2D eigenvalue weighted by Crippen LogP contribution is 2.40. The number of benzene rings is 2. The van der Waals surface area contributed by atoms with Crippen LogP contribution in [0.2, 0.25) is 0 Å². The van der Waals surface area contributed by atoms with Crippen molar-refractivity contribution in [1.82, 2.24) is 9.80 Å². The van der Waals surface area contributed by atoms with Crippen molar-refractivity contribution in [3.05, 3.63) is 48.0 Å². The van der Waals surface area contributed by atoms with E-state index in [1.165, 1.54) is 16.3 Å². The summed E-state index contributed by atoms with van der Waals surface area (Å²) in [5, 5.41) is 2.46. The average Bonchev–Trinajstić information content (AvgIpc) is 2.73. The number of fused-ring (bicyclic) bond motifs is 1. The highest BCUT2D eigenvalue weighted by Gasteiger charge is 2.44. The van der Waals surface area contributed by atoms with E-state index in [1.54, 1.807) is 4.90 Å². The maximum atomic E-state index is 13.1. The molecular weight excluding hydrogens is 377 g/mol. The molecule has 0 spiro atoms. The van der Waals surface area contributed by atoms with E-state index in [4.69, 9.17) is 0 Å². The van der Waals surface area contributed by atoms with Crippen LogP contribution >= 0.6 is 0 Å². The Morgan fingerprint density at radius 3 is 2.45 bits per heavy atom. The summed E-state index contributed by atoms with van der Waals surface area (Å²) in [7, 11) is 0. The van der Waals surface area contributed by atoms with E-state index in [0.29, 0.717) is 25.9 Å². The fourth-order valence-electron chi connectivity index (χ4n) is 4.77. The zero-order valence-corrected chi connectivity index (χ0v) is 16.5. The molecular formula is C23H27F3N2O. The normalized spacial score (nSPS) is 24.0. The molecule has 4 rings (SSSR count). The Kier molecular flexibility index (Phi) is 5.81. The lowest BCUT2D eigenvalue weighted by molar-refractivity contribution is -0.187. The maximum absolute atomic E-state index is 13.1. The zero-order valence-electron chi connectivity index (χ0n) is 16.5. The third kappa shape index (κ3) is 4.58. The molecule has 29 heavy (non-hydrogen) atoms. The molecule has 2 unspecified atom stereocenters. The van der Waals surface area contributed by atoms with Crippen LogP contribution in [0.1, 0.15) is 31.2 Å². The van der Waals surface area contributed by atoms with Gasteiger partial charge in [0.05, 0.1) is 5.92 Å². The lowest BCUT2D eigenvalue weighted by Gasteiger charge is -2.38. The van der Waals surface area contributed by atoms with Gasteiger partial charge >= 0.3 is 6.18 Å². The molecule has 1 saturated heterocycles. The molecule has 6 heteroatoms. The Hall–Kier alpha value is -2.08. The molecule has 2 aromatic rings. The molecule has 1 aliphatic heterocycles. The van der Waals surface area contributed by atoms with Crippen molar-refractivity contribution in [2.24, 2.45) is 11.8 Å². The second-order valence-electron chi connectivity index (χ2n) is 8.34. The summed E-state index contributed by atoms with van der Waals surface area (Å²) in [6, 6.07) is 14.6. The van der Waals surface area contributed by atoms with Crippen molar-refractivity contribution in [1.29, 1.82) is 0 Å². The number of amides is 1. The van der Waals surface area contributed by atoms with Crippen molar-refractivity contribution in [2.75, 3.05) is 26.2 Å². The number of alkyl halides is 3. The average molecular weight is 404 g/mol. The second-order valence-corrected chi connectivity index (χ2v) is 8.34. The third-order valence-corrected chi connectivity index (χ3v) is 6.44. The van der Waals surface area contributed by atoms with Crippen molar-refractivity contribution in [3.8, 4) is 0 Å².